The minimum atomic E-state index is -0.507. The normalized spacial score (nSPS) is 32.8. The van der Waals surface area contributed by atoms with Gasteiger partial charge in [0.1, 0.15) is 11.9 Å². The Morgan fingerprint density at radius 3 is 2.73 bits per heavy atom. The predicted octanol–water partition coefficient (Wildman–Crippen LogP) is 3.85. The molecular weight excluding hydrogens is 334 g/mol. The average molecular weight is 355 g/mol. The summed E-state index contributed by atoms with van der Waals surface area (Å²) in [5.74, 6) is 0.105. The van der Waals surface area contributed by atoms with E-state index in [1.807, 2.05) is 0 Å². The Labute approximate surface area is 151 Å². The van der Waals surface area contributed by atoms with Crippen LogP contribution in [0.5, 0.6) is 0 Å². The van der Waals surface area contributed by atoms with E-state index < -0.39 is 10.9 Å². The van der Waals surface area contributed by atoms with E-state index in [9.17, 15) is 19.7 Å². The first-order chi connectivity index (χ1) is 12.4. The van der Waals surface area contributed by atoms with Crippen LogP contribution >= 0.6 is 0 Å². The molecule has 6 nitrogen and oxygen atoms in total. The van der Waals surface area contributed by atoms with Gasteiger partial charge in [-0.25, -0.2) is 4.79 Å². The zero-order valence-corrected chi connectivity index (χ0v) is 14.5. The molecule has 3 fully saturated rings. The third kappa shape index (κ3) is 2.73. The van der Waals surface area contributed by atoms with Crippen molar-refractivity contribution >= 4 is 17.4 Å². The molecule has 3 aliphatic carbocycles. The number of carbonyl (C=O) groups is 2. The van der Waals surface area contributed by atoms with Crippen LogP contribution in [0, 0.1) is 27.4 Å². The number of carbonyl (C=O) groups excluding carboxylic acids is 2. The number of rotatable bonds is 3. The molecule has 4 rings (SSSR count). The van der Waals surface area contributed by atoms with E-state index in [1.54, 1.807) is 0 Å². The van der Waals surface area contributed by atoms with E-state index in [0.29, 0.717) is 24.3 Å². The highest BCUT2D eigenvalue weighted by Crippen LogP contribution is 2.60. The van der Waals surface area contributed by atoms with Crippen LogP contribution in [0.25, 0.3) is 0 Å². The second-order valence-corrected chi connectivity index (χ2v) is 7.93. The van der Waals surface area contributed by atoms with Crippen molar-refractivity contribution in [3.05, 3.63) is 52.1 Å². The molecule has 6 heteroatoms. The smallest absolute Gasteiger partial charge is 0.338 e. The van der Waals surface area contributed by atoms with Crippen LogP contribution in [0.4, 0.5) is 5.69 Å². The van der Waals surface area contributed by atoms with E-state index >= 15 is 0 Å². The average Bonchev–Trinajstić information content (AvgIpc) is 2.87. The topological polar surface area (TPSA) is 86.5 Å². The van der Waals surface area contributed by atoms with E-state index in [2.05, 4.69) is 6.58 Å². The molecule has 3 saturated carbocycles. The first-order valence-corrected chi connectivity index (χ1v) is 9.04. The Hall–Kier alpha value is -2.50. The van der Waals surface area contributed by atoms with Crippen LogP contribution in [-0.4, -0.2) is 22.8 Å². The van der Waals surface area contributed by atoms with Crippen molar-refractivity contribution in [2.75, 3.05) is 0 Å². The van der Waals surface area contributed by atoms with Crippen molar-refractivity contribution in [1.29, 1.82) is 0 Å². The fourth-order valence-corrected chi connectivity index (χ4v) is 5.13. The van der Waals surface area contributed by atoms with Gasteiger partial charge in [0.15, 0.2) is 0 Å². The second-order valence-electron chi connectivity index (χ2n) is 7.93. The molecule has 0 aromatic heterocycles. The van der Waals surface area contributed by atoms with Crippen LogP contribution in [0.2, 0.25) is 0 Å². The number of Topliss-reactive ketones (excluding diaryl/α,β-unsaturated/α-hetero) is 1. The maximum Gasteiger partial charge on any atom is 0.338 e. The Morgan fingerprint density at radius 1 is 1.31 bits per heavy atom. The number of hydrogen-bond acceptors (Lipinski definition) is 5. The molecule has 1 spiro atoms. The number of hydrogen-bond donors (Lipinski definition) is 0. The number of non-ortho nitro benzene ring substituents is 1. The summed E-state index contributed by atoms with van der Waals surface area (Å²) < 4.78 is 5.62. The molecule has 4 atom stereocenters. The minimum absolute atomic E-state index is 0.0351. The number of nitrogens with zero attached hydrogens (tertiary/aromatic N) is 1. The molecule has 0 aliphatic heterocycles. The predicted molar refractivity (Wildman–Crippen MR) is 93.6 cm³/mol. The molecule has 1 aromatic carbocycles. The first-order valence-electron chi connectivity index (χ1n) is 9.04. The van der Waals surface area contributed by atoms with Gasteiger partial charge in [0.25, 0.3) is 5.69 Å². The summed E-state index contributed by atoms with van der Waals surface area (Å²) in [7, 11) is 0. The summed E-state index contributed by atoms with van der Waals surface area (Å²) in [6.07, 6.45) is 4.50. The van der Waals surface area contributed by atoms with E-state index in [4.69, 9.17) is 4.74 Å². The van der Waals surface area contributed by atoms with Crippen LogP contribution in [0.15, 0.2) is 36.4 Å². The maximum absolute atomic E-state index is 12.6. The fraction of sp³-hybridized carbons (Fsp3) is 0.500. The summed E-state index contributed by atoms with van der Waals surface area (Å²) in [5.41, 5.74) is 1.47. The van der Waals surface area contributed by atoms with Gasteiger partial charge in [-0.15, -0.1) is 0 Å². The van der Waals surface area contributed by atoms with Crippen LogP contribution in [0.3, 0.4) is 0 Å². The zero-order valence-electron chi connectivity index (χ0n) is 14.5. The lowest BCUT2D eigenvalue weighted by atomic mass is 9.59. The van der Waals surface area contributed by atoms with Gasteiger partial charge in [-0.1, -0.05) is 12.2 Å². The zero-order chi connectivity index (χ0) is 18.5. The highest BCUT2D eigenvalue weighted by molar-refractivity contribution is 5.90. The standard InChI is InChI=1S/C20H21NO5/c1-12-10-20-7-6-16(9-17(20)18(22)8-14(12)11-20)26-19(23)13-2-4-15(5-3-13)21(24)25/h2-5,14,16-17H,1,6-11H2/t14-,16+,17+,20-/m1/s1. The quantitative estimate of drug-likeness (QED) is 0.356. The van der Waals surface area contributed by atoms with Crippen molar-refractivity contribution in [3.63, 3.8) is 0 Å². The second kappa shape index (κ2) is 6.04. The number of nitro benzene ring substituents is 1. The first kappa shape index (κ1) is 16.9. The van der Waals surface area contributed by atoms with Gasteiger partial charge < -0.3 is 4.74 Å². The number of ether oxygens (including phenoxy) is 1. The molecule has 1 aromatic rings. The van der Waals surface area contributed by atoms with Gasteiger partial charge >= 0.3 is 5.97 Å². The van der Waals surface area contributed by atoms with Crippen LogP contribution in [-0.2, 0) is 9.53 Å². The Bertz CT molecular complexity index is 799. The van der Waals surface area contributed by atoms with Crippen molar-refractivity contribution < 1.29 is 19.2 Å². The molecule has 26 heavy (non-hydrogen) atoms. The molecule has 0 heterocycles. The van der Waals surface area contributed by atoms with Gasteiger partial charge in [-0.3, -0.25) is 14.9 Å². The largest absolute Gasteiger partial charge is 0.459 e. The molecule has 0 unspecified atom stereocenters. The summed E-state index contributed by atoms with van der Waals surface area (Å²) >= 11 is 0. The maximum atomic E-state index is 12.6. The molecule has 0 amide bonds. The Balaban J connectivity index is 1.44. The monoisotopic (exact) mass is 355 g/mol. The lowest BCUT2D eigenvalue weighted by Gasteiger charge is -2.45. The highest BCUT2D eigenvalue weighted by Gasteiger charge is 2.56. The fourth-order valence-electron chi connectivity index (χ4n) is 5.13. The Kier molecular flexibility index (Phi) is 3.93. The number of esters is 1. The highest BCUT2D eigenvalue weighted by atomic mass is 16.6. The number of ketones is 1. The van der Waals surface area contributed by atoms with E-state index in [0.717, 1.165) is 25.7 Å². The molecule has 0 radical (unpaired) electrons. The summed E-state index contributed by atoms with van der Waals surface area (Å²) in [6, 6.07) is 5.40. The van der Waals surface area contributed by atoms with Crippen molar-refractivity contribution in [3.8, 4) is 0 Å². The van der Waals surface area contributed by atoms with Gasteiger partial charge in [0, 0.05) is 24.5 Å². The number of benzene rings is 1. The number of nitro groups is 1. The van der Waals surface area contributed by atoms with Gasteiger partial charge in [0.2, 0.25) is 0 Å². The number of fused-ring (bicyclic) bond motifs is 1. The summed E-state index contributed by atoms with van der Waals surface area (Å²) in [5, 5.41) is 10.7. The van der Waals surface area contributed by atoms with Crippen molar-refractivity contribution in [1.82, 2.24) is 0 Å². The minimum Gasteiger partial charge on any atom is -0.459 e. The van der Waals surface area contributed by atoms with Gasteiger partial charge in [-0.05, 0) is 55.6 Å². The lowest BCUT2D eigenvalue weighted by Crippen LogP contribution is -2.45. The van der Waals surface area contributed by atoms with Crippen molar-refractivity contribution in [2.24, 2.45) is 17.3 Å². The third-order valence-corrected chi connectivity index (χ3v) is 6.44. The summed E-state index contributed by atoms with van der Waals surface area (Å²) in [4.78, 5) is 35.1. The third-order valence-electron chi connectivity index (χ3n) is 6.44. The SMILES string of the molecule is C=C1C[C@@]23CC[C@H](OC(=O)c4ccc([N+](=O)[O-])cc4)C[C@H]2C(=O)C[C@@H]1C3. The van der Waals surface area contributed by atoms with Crippen LogP contribution < -0.4 is 0 Å². The molecule has 2 bridgehead atoms. The molecule has 136 valence electrons. The molecular formula is C20H21NO5. The Morgan fingerprint density at radius 2 is 2.04 bits per heavy atom. The van der Waals surface area contributed by atoms with E-state index in [1.165, 1.54) is 29.8 Å². The van der Waals surface area contributed by atoms with Crippen molar-refractivity contribution in [2.45, 2.75) is 44.6 Å². The van der Waals surface area contributed by atoms with E-state index in [-0.39, 0.29) is 28.9 Å². The summed E-state index contributed by atoms with van der Waals surface area (Å²) in [6.45, 7) is 4.16. The van der Waals surface area contributed by atoms with Gasteiger partial charge in [0.05, 0.1) is 10.5 Å². The van der Waals surface area contributed by atoms with Crippen LogP contribution in [0.1, 0.15) is 48.9 Å². The lowest BCUT2D eigenvalue weighted by molar-refractivity contribution is -0.384. The van der Waals surface area contributed by atoms with Gasteiger partial charge in [-0.2, -0.15) is 0 Å². The number of allylic oxidation sites excluding steroid dienone is 1. The molecule has 0 saturated heterocycles. The molecule has 3 aliphatic rings. The molecule has 0 N–H and O–H groups in total.